The number of H-pyrrole nitrogens is 1. The summed E-state index contributed by atoms with van der Waals surface area (Å²) in [6.45, 7) is 0. The Morgan fingerprint density at radius 2 is 1.88 bits per heavy atom. The molecular weight excluding hydrogens is 340 g/mol. The molecule has 0 atom stereocenters. The minimum absolute atomic E-state index is 0.141. The maximum atomic E-state index is 12.3. The van der Waals surface area contributed by atoms with Gasteiger partial charge in [-0.05, 0) is 56.0 Å². The molecule has 0 aliphatic heterocycles. The van der Waals surface area contributed by atoms with Crippen molar-refractivity contribution in [2.24, 2.45) is 10.7 Å². The quantitative estimate of drug-likeness (QED) is 0.497. The summed E-state index contributed by atoms with van der Waals surface area (Å²) in [5.74, 6) is 0.141. The number of halogens is 1. The first-order valence-corrected chi connectivity index (χ1v) is 8.67. The van der Waals surface area contributed by atoms with Gasteiger partial charge in [-0.25, -0.2) is 4.99 Å². The van der Waals surface area contributed by atoms with Crippen LogP contribution < -0.4 is 16.6 Å². The van der Waals surface area contributed by atoms with E-state index in [1.807, 2.05) is 0 Å². The average Bonchev–Trinajstić information content (AvgIpc) is 2.59. The van der Waals surface area contributed by atoms with Gasteiger partial charge in [-0.2, -0.15) is 0 Å². The van der Waals surface area contributed by atoms with Crippen molar-refractivity contribution in [3.63, 3.8) is 0 Å². The molecule has 7 heteroatoms. The molecular formula is C18H21ClN4O2. The molecule has 1 heterocycles. The molecule has 1 saturated carbocycles. The highest BCUT2D eigenvalue weighted by molar-refractivity contribution is 6.30. The van der Waals surface area contributed by atoms with E-state index in [2.05, 4.69) is 15.3 Å². The van der Waals surface area contributed by atoms with E-state index in [9.17, 15) is 9.90 Å². The van der Waals surface area contributed by atoms with Crippen LogP contribution in [0.1, 0.15) is 31.2 Å². The molecule has 0 radical (unpaired) electrons. The molecule has 0 amide bonds. The Labute approximate surface area is 150 Å². The lowest BCUT2D eigenvalue weighted by molar-refractivity contribution is 0.126. The maximum Gasteiger partial charge on any atom is 0.261 e. The Hall–Kier alpha value is -2.31. The molecule has 0 spiro atoms. The fourth-order valence-electron chi connectivity index (χ4n) is 3.00. The second kappa shape index (κ2) is 7.72. The first-order chi connectivity index (χ1) is 12.0. The molecule has 0 bridgehead atoms. The van der Waals surface area contributed by atoms with Gasteiger partial charge < -0.3 is 21.1 Å². The van der Waals surface area contributed by atoms with Crippen LogP contribution in [-0.2, 0) is 0 Å². The van der Waals surface area contributed by atoms with Gasteiger partial charge in [0.2, 0.25) is 0 Å². The normalized spacial score (nSPS) is 21.1. The Balaban J connectivity index is 1.87. The highest BCUT2D eigenvalue weighted by Crippen LogP contribution is 2.23. The Bertz CT molecular complexity index is 809. The topological polar surface area (TPSA) is 104 Å². The van der Waals surface area contributed by atoms with Crippen LogP contribution in [0.2, 0.25) is 5.02 Å². The number of amidine groups is 1. The van der Waals surface area contributed by atoms with E-state index in [4.69, 9.17) is 17.3 Å². The Morgan fingerprint density at radius 3 is 2.56 bits per heavy atom. The van der Waals surface area contributed by atoms with E-state index in [0.29, 0.717) is 22.0 Å². The molecule has 5 N–H and O–H groups in total. The zero-order valence-corrected chi connectivity index (χ0v) is 14.5. The van der Waals surface area contributed by atoms with Crippen molar-refractivity contribution >= 4 is 28.8 Å². The van der Waals surface area contributed by atoms with Crippen molar-refractivity contribution in [1.29, 1.82) is 0 Å². The van der Waals surface area contributed by atoms with Gasteiger partial charge in [-0.1, -0.05) is 11.6 Å². The van der Waals surface area contributed by atoms with Gasteiger partial charge in [-0.15, -0.1) is 0 Å². The highest BCUT2D eigenvalue weighted by atomic mass is 35.5. The summed E-state index contributed by atoms with van der Waals surface area (Å²) in [6, 6.07) is 8.90. The van der Waals surface area contributed by atoms with E-state index < -0.39 is 0 Å². The first-order valence-electron chi connectivity index (χ1n) is 8.29. The lowest BCUT2D eigenvalue weighted by Crippen LogP contribution is -2.32. The number of aliphatic hydroxyl groups excluding tert-OH is 1. The zero-order chi connectivity index (χ0) is 17.8. The van der Waals surface area contributed by atoms with E-state index in [-0.39, 0.29) is 23.5 Å². The molecule has 1 aromatic carbocycles. The number of rotatable bonds is 4. The molecule has 0 saturated heterocycles. The molecule has 2 aromatic rings. The third kappa shape index (κ3) is 4.41. The standard InChI is InChI=1S/C18H21ClN4O2/c19-11-1-3-13(4-2-11)23-17(20)16-15(9-10-21-18(16)25)22-12-5-7-14(24)8-6-12/h1-4,9-10,12,14,24H,5-8H2,(H2,20,23)(H2,21,22,25). The molecule has 25 heavy (non-hydrogen) atoms. The number of benzene rings is 1. The Morgan fingerprint density at radius 1 is 1.20 bits per heavy atom. The molecule has 3 rings (SSSR count). The fraction of sp³-hybridized carbons (Fsp3) is 0.333. The number of aromatic amines is 1. The summed E-state index contributed by atoms with van der Waals surface area (Å²) in [6.07, 6.45) is 4.56. The van der Waals surface area contributed by atoms with Crippen LogP contribution in [0.5, 0.6) is 0 Å². The van der Waals surface area contributed by atoms with Gasteiger partial charge in [-0.3, -0.25) is 4.79 Å². The number of nitrogens with two attached hydrogens (primary N) is 1. The number of aliphatic imine (C=N–C) groups is 1. The maximum absolute atomic E-state index is 12.3. The van der Waals surface area contributed by atoms with E-state index in [1.54, 1.807) is 36.5 Å². The lowest BCUT2D eigenvalue weighted by atomic mass is 9.93. The van der Waals surface area contributed by atoms with Gasteiger partial charge in [0.25, 0.3) is 5.56 Å². The third-order valence-electron chi connectivity index (χ3n) is 4.35. The summed E-state index contributed by atoms with van der Waals surface area (Å²) < 4.78 is 0. The molecule has 1 aliphatic rings. The molecule has 1 fully saturated rings. The van der Waals surface area contributed by atoms with Crippen LogP contribution in [-0.4, -0.2) is 28.1 Å². The predicted molar refractivity (Wildman–Crippen MR) is 101 cm³/mol. The second-order valence-corrected chi connectivity index (χ2v) is 6.66. The number of hydrogen-bond acceptors (Lipinski definition) is 4. The van der Waals surface area contributed by atoms with Gasteiger partial charge in [0.1, 0.15) is 11.4 Å². The molecule has 132 valence electrons. The Kier molecular flexibility index (Phi) is 5.40. The predicted octanol–water partition coefficient (Wildman–Crippen LogP) is 2.78. The van der Waals surface area contributed by atoms with Crippen LogP contribution >= 0.6 is 11.6 Å². The van der Waals surface area contributed by atoms with Crippen LogP contribution in [0.15, 0.2) is 46.3 Å². The van der Waals surface area contributed by atoms with Crippen LogP contribution in [0.25, 0.3) is 0 Å². The summed E-state index contributed by atoms with van der Waals surface area (Å²) in [4.78, 5) is 19.3. The summed E-state index contributed by atoms with van der Waals surface area (Å²) in [7, 11) is 0. The molecule has 6 nitrogen and oxygen atoms in total. The molecule has 1 aromatic heterocycles. The van der Waals surface area contributed by atoms with E-state index in [1.165, 1.54) is 0 Å². The average molecular weight is 361 g/mol. The van der Waals surface area contributed by atoms with Crippen LogP contribution in [0, 0.1) is 0 Å². The summed E-state index contributed by atoms with van der Waals surface area (Å²) in [5.41, 5.74) is 7.41. The third-order valence-corrected chi connectivity index (χ3v) is 4.60. The van der Waals surface area contributed by atoms with Crippen LogP contribution in [0.4, 0.5) is 11.4 Å². The number of nitrogens with one attached hydrogen (secondary N) is 2. The summed E-state index contributed by atoms with van der Waals surface area (Å²) in [5, 5.41) is 13.6. The van der Waals surface area contributed by atoms with E-state index >= 15 is 0 Å². The number of aromatic nitrogens is 1. The van der Waals surface area contributed by atoms with Crippen molar-refractivity contribution in [2.45, 2.75) is 37.8 Å². The number of nitrogens with zero attached hydrogens (tertiary/aromatic N) is 1. The van der Waals surface area contributed by atoms with Gasteiger partial charge in [0.15, 0.2) is 0 Å². The van der Waals surface area contributed by atoms with Crippen molar-refractivity contribution in [1.82, 2.24) is 4.98 Å². The number of hydrogen-bond donors (Lipinski definition) is 4. The first kappa shape index (κ1) is 17.5. The fourth-order valence-corrected chi connectivity index (χ4v) is 3.13. The van der Waals surface area contributed by atoms with Gasteiger partial charge in [0.05, 0.1) is 17.5 Å². The number of pyridine rings is 1. The van der Waals surface area contributed by atoms with Crippen molar-refractivity contribution in [2.75, 3.05) is 5.32 Å². The van der Waals surface area contributed by atoms with Crippen LogP contribution in [0.3, 0.4) is 0 Å². The smallest absolute Gasteiger partial charge is 0.261 e. The minimum Gasteiger partial charge on any atom is -0.393 e. The molecule has 0 unspecified atom stereocenters. The van der Waals surface area contributed by atoms with Gasteiger partial charge in [0, 0.05) is 17.3 Å². The summed E-state index contributed by atoms with van der Waals surface area (Å²) >= 11 is 5.87. The monoisotopic (exact) mass is 360 g/mol. The highest BCUT2D eigenvalue weighted by Gasteiger charge is 2.21. The largest absolute Gasteiger partial charge is 0.393 e. The van der Waals surface area contributed by atoms with Gasteiger partial charge >= 0.3 is 0 Å². The number of aliphatic hydroxyl groups is 1. The van der Waals surface area contributed by atoms with E-state index in [0.717, 1.165) is 25.7 Å². The minimum atomic E-state index is -0.295. The van der Waals surface area contributed by atoms with Crippen molar-refractivity contribution in [3.05, 3.63) is 57.5 Å². The lowest BCUT2D eigenvalue weighted by Gasteiger charge is -2.27. The SMILES string of the molecule is NC(=Nc1ccc(Cl)cc1)c1c(NC2CCC(O)CC2)cc[nH]c1=O. The zero-order valence-electron chi connectivity index (χ0n) is 13.7. The number of anilines is 1. The van der Waals surface area contributed by atoms with Crippen molar-refractivity contribution in [3.8, 4) is 0 Å². The van der Waals surface area contributed by atoms with Crippen molar-refractivity contribution < 1.29 is 5.11 Å². The molecule has 1 aliphatic carbocycles. The second-order valence-electron chi connectivity index (χ2n) is 6.22.